The van der Waals surface area contributed by atoms with Crippen molar-refractivity contribution in [2.24, 2.45) is 10.9 Å². The van der Waals surface area contributed by atoms with Crippen LogP contribution in [0.3, 0.4) is 0 Å². The van der Waals surface area contributed by atoms with Crippen molar-refractivity contribution in [3.05, 3.63) is 11.7 Å². The number of nitrogens with one attached hydrogen (secondary N) is 2. The maximum atomic E-state index is 5.18. The molecule has 1 heterocycles. The van der Waals surface area contributed by atoms with Gasteiger partial charge in [-0.15, -0.1) is 0 Å². The second kappa shape index (κ2) is 7.76. The van der Waals surface area contributed by atoms with Crippen LogP contribution in [-0.4, -0.2) is 36.2 Å². The van der Waals surface area contributed by atoms with Crippen LogP contribution in [0.1, 0.15) is 45.3 Å². The number of hydrogen-bond acceptors (Lipinski definition) is 4. The molecule has 0 amide bonds. The lowest BCUT2D eigenvalue weighted by molar-refractivity contribution is 0.371. The van der Waals surface area contributed by atoms with Crippen LogP contribution in [0, 0.1) is 5.92 Å². The summed E-state index contributed by atoms with van der Waals surface area (Å²) in [6.45, 7) is 10.0. The highest BCUT2D eigenvalue weighted by Crippen LogP contribution is 2.09. The van der Waals surface area contributed by atoms with Gasteiger partial charge in [-0.1, -0.05) is 32.9 Å². The van der Waals surface area contributed by atoms with Crippen LogP contribution in [0.25, 0.3) is 0 Å². The van der Waals surface area contributed by atoms with Gasteiger partial charge in [-0.05, 0) is 5.92 Å². The Morgan fingerprint density at radius 2 is 2.00 bits per heavy atom. The molecule has 1 aromatic heterocycles. The molecule has 0 aliphatic rings. The van der Waals surface area contributed by atoms with E-state index < -0.39 is 0 Å². The Bertz CT molecular complexity index is 397. The van der Waals surface area contributed by atoms with Crippen LogP contribution in [0.4, 0.5) is 0 Å². The van der Waals surface area contributed by atoms with Crippen LogP contribution in [0.2, 0.25) is 0 Å². The molecule has 0 radical (unpaired) electrons. The molecule has 2 N–H and O–H groups in total. The molecule has 0 spiro atoms. The largest absolute Gasteiger partial charge is 0.356 e. The van der Waals surface area contributed by atoms with Crippen LogP contribution < -0.4 is 10.6 Å². The van der Waals surface area contributed by atoms with E-state index in [0.29, 0.717) is 24.1 Å². The van der Waals surface area contributed by atoms with Gasteiger partial charge in [0, 0.05) is 32.5 Å². The van der Waals surface area contributed by atoms with Crippen molar-refractivity contribution < 1.29 is 4.52 Å². The summed E-state index contributed by atoms with van der Waals surface area (Å²) < 4.78 is 5.18. The highest BCUT2D eigenvalue weighted by molar-refractivity contribution is 5.79. The molecular weight excluding hydrogens is 242 g/mol. The molecule has 0 fully saturated rings. The summed E-state index contributed by atoms with van der Waals surface area (Å²) in [4.78, 5) is 8.48. The summed E-state index contributed by atoms with van der Waals surface area (Å²) >= 11 is 0. The first-order valence-electron chi connectivity index (χ1n) is 6.80. The smallest absolute Gasteiger partial charge is 0.228 e. The summed E-state index contributed by atoms with van der Waals surface area (Å²) in [5, 5.41) is 10.4. The summed E-state index contributed by atoms with van der Waals surface area (Å²) in [7, 11) is 1.76. The zero-order valence-corrected chi connectivity index (χ0v) is 12.5. The van der Waals surface area contributed by atoms with E-state index in [1.807, 2.05) is 13.8 Å². The van der Waals surface area contributed by atoms with Crippen molar-refractivity contribution >= 4 is 5.96 Å². The molecular formula is C13H25N5O. The van der Waals surface area contributed by atoms with E-state index in [4.69, 9.17) is 4.52 Å². The Kier molecular flexibility index (Phi) is 6.32. The third-order valence-electron chi connectivity index (χ3n) is 2.53. The Morgan fingerprint density at radius 1 is 1.26 bits per heavy atom. The molecule has 0 unspecified atom stereocenters. The maximum Gasteiger partial charge on any atom is 0.228 e. The van der Waals surface area contributed by atoms with Crippen LogP contribution in [-0.2, 0) is 6.42 Å². The monoisotopic (exact) mass is 267 g/mol. The summed E-state index contributed by atoms with van der Waals surface area (Å²) in [6, 6.07) is 0. The lowest BCUT2D eigenvalue weighted by Gasteiger charge is -2.12. The fourth-order valence-electron chi connectivity index (χ4n) is 1.41. The predicted octanol–water partition coefficient (Wildman–Crippen LogP) is 1.56. The number of aromatic nitrogens is 2. The van der Waals surface area contributed by atoms with E-state index >= 15 is 0 Å². The molecule has 1 rings (SSSR count). The molecule has 0 aliphatic heterocycles. The molecule has 0 saturated carbocycles. The van der Waals surface area contributed by atoms with Gasteiger partial charge in [0.1, 0.15) is 0 Å². The molecule has 0 atom stereocenters. The van der Waals surface area contributed by atoms with Crippen LogP contribution >= 0.6 is 0 Å². The molecule has 108 valence electrons. The number of hydrogen-bond donors (Lipinski definition) is 2. The summed E-state index contributed by atoms with van der Waals surface area (Å²) in [5.74, 6) is 3.11. The third kappa shape index (κ3) is 5.72. The van der Waals surface area contributed by atoms with Crippen molar-refractivity contribution in [1.82, 2.24) is 20.8 Å². The van der Waals surface area contributed by atoms with Gasteiger partial charge in [-0.25, -0.2) is 0 Å². The second-order valence-electron chi connectivity index (χ2n) is 5.22. The van der Waals surface area contributed by atoms with E-state index in [1.54, 1.807) is 7.05 Å². The van der Waals surface area contributed by atoms with Gasteiger partial charge in [0.05, 0.1) is 0 Å². The topological polar surface area (TPSA) is 75.3 Å². The Morgan fingerprint density at radius 3 is 2.53 bits per heavy atom. The Labute approximate surface area is 115 Å². The van der Waals surface area contributed by atoms with Gasteiger partial charge in [0.25, 0.3) is 0 Å². The standard InChI is InChI=1S/C13H25N5O/c1-9(2)8-16-13(14-5)15-7-6-11-17-12(10(3)4)18-19-11/h9-10H,6-8H2,1-5H3,(H2,14,15,16). The van der Waals surface area contributed by atoms with Crippen molar-refractivity contribution in [3.63, 3.8) is 0 Å². The van der Waals surface area contributed by atoms with E-state index in [2.05, 4.69) is 39.6 Å². The first-order chi connectivity index (χ1) is 9.02. The third-order valence-corrected chi connectivity index (χ3v) is 2.53. The predicted molar refractivity (Wildman–Crippen MR) is 76.3 cm³/mol. The van der Waals surface area contributed by atoms with Gasteiger partial charge < -0.3 is 15.2 Å². The molecule has 19 heavy (non-hydrogen) atoms. The summed E-state index contributed by atoms with van der Waals surface area (Å²) in [6.07, 6.45) is 0.697. The minimum atomic E-state index is 0.297. The second-order valence-corrected chi connectivity index (χ2v) is 5.22. The number of rotatable bonds is 6. The molecule has 0 aromatic carbocycles. The number of nitrogens with zero attached hydrogens (tertiary/aromatic N) is 3. The van der Waals surface area contributed by atoms with Crippen molar-refractivity contribution in [2.45, 2.75) is 40.0 Å². The molecule has 1 aromatic rings. The zero-order valence-electron chi connectivity index (χ0n) is 12.5. The fraction of sp³-hybridized carbons (Fsp3) is 0.769. The van der Waals surface area contributed by atoms with Gasteiger partial charge >= 0.3 is 0 Å². The maximum absolute atomic E-state index is 5.18. The minimum Gasteiger partial charge on any atom is -0.356 e. The molecule has 6 heteroatoms. The molecule has 0 aliphatic carbocycles. The lowest BCUT2D eigenvalue weighted by atomic mass is 10.2. The van der Waals surface area contributed by atoms with E-state index in [9.17, 15) is 0 Å². The average molecular weight is 267 g/mol. The molecule has 0 bridgehead atoms. The first-order valence-corrected chi connectivity index (χ1v) is 6.80. The van der Waals surface area contributed by atoms with Gasteiger partial charge in [-0.2, -0.15) is 4.98 Å². The zero-order chi connectivity index (χ0) is 14.3. The fourth-order valence-corrected chi connectivity index (χ4v) is 1.41. The normalized spacial score (nSPS) is 12.3. The molecule has 0 saturated heterocycles. The van der Waals surface area contributed by atoms with Crippen LogP contribution in [0.15, 0.2) is 9.52 Å². The van der Waals surface area contributed by atoms with Gasteiger partial charge in [-0.3, -0.25) is 4.99 Å². The van der Waals surface area contributed by atoms with E-state index in [0.717, 1.165) is 24.9 Å². The van der Waals surface area contributed by atoms with E-state index in [1.165, 1.54) is 0 Å². The minimum absolute atomic E-state index is 0.297. The van der Waals surface area contributed by atoms with Crippen molar-refractivity contribution in [2.75, 3.05) is 20.1 Å². The van der Waals surface area contributed by atoms with Crippen LogP contribution in [0.5, 0.6) is 0 Å². The highest BCUT2D eigenvalue weighted by Gasteiger charge is 2.09. The Hall–Kier alpha value is -1.59. The van der Waals surface area contributed by atoms with Crippen molar-refractivity contribution in [1.29, 1.82) is 0 Å². The summed E-state index contributed by atoms with van der Waals surface area (Å²) in [5.41, 5.74) is 0. The average Bonchev–Trinajstić information content (AvgIpc) is 2.82. The quantitative estimate of drug-likeness (QED) is 0.604. The number of aliphatic imine (C=N–C) groups is 1. The Balaban J connectivity index is 2.31. The van der Waals surface area contributed by atoms with Crippen molar-refractivity contribution in [3.8, 4) is 0 Å². The van der Waals surface area contributed by atoms with E-state index in [-0.39, 0.29) is 0 Å². The number of guanidine groups is 1. The molecule has 6 nitrogen and oxygen atoms in total. The first kappa shape index (κ1) is 15.5. The SMILES string of the molecule is CN=C(NCCc1nc(C(C)C)no1)NCC(C)C. The van der Waals surface area contributed by atoms with Gasteiger partial charge in [0.15, 0.2) is 11.8 Å². The lowest BCUT2D eigenvalue weighted by Crippen LogP contribution is -2.39. The van der Waals surface area contributed by atoms with Gasteiger partial charge in [0.2, 0.25) is 5.89 Å². The highest BCUT2D eigenvalue weighted by atomic mass is 16.5.